The van der Waals surface area contributed by atoms with E-state index in [4.69, 9.17) is 11.6 Å². The van der Waals surface area contributed by atoms with Gasteiger partial charge in [0.25, 0.3) is 0 Å². The van der Waals surface area contributed by atoms with E-state index in [1.807, 2.05) is 24.3 Å². The predicted octanol–water partition coefficient (Wildman–Crippen LogP) is 3.99. The summed E-state index contributed by atoms with van der Waals surface area (Å²) in [5.74, 6) is 0.296. The number of halogens is 1. The van der Waals surface area contributed by atoms with Gasteiger partial charge in [-0.3, -0.25) is 9.52 Å². The number of nitrogens with one attached hydrogen (secondary N) is 2. The van der Waals surface area contributed by atoms with E-state index in [0.717, 1.165) is 30.2 Å². The van der Waals surface area contributed by atoms with Crippen molar-refractivity contribution in [3.8, 4) is 0 Å². The molecule has 0 aromatic heterocycles. The maximum atomic E-state index is 12.3. The lowest BCUT2D eigenvalue weighted by atomic mass is 10.0. The molecule has 142 valence electrons. The second-order valence-electron chi connectivity index (χ2n) is 6.70. The number of sulfonamides is 1. The van der Waals surface area contributed by atoms with Crippen molar-refractivity contribution in [1.82, 2.24) is 5.32 Å². The first-order valence-electron chi connectivity index (χ1n) is 8.62. The van der Waals surface area contributed by atoms with Gasteiger partial charge in [0.1, 0.15) is 0 Å². The van der Waals surface area contributed by atoms with Crippen molar-refractivity contribution in [3.63, 3.8) is 0 Å². The minimum atomic E-state index is -3.30. The average Bonchev–Trinajstić information content (AvgIpc) is 3.44. The standard InChI is InChI=1S/C20H21ClN2O3S/c1-27(25,26)23-18-11-2-14(3-12-18)4-13-19(24)22-20(15-5-6-15)16-7-9-17(21)10-8-16/h2-4,7-13,15,20,23H,5-6H2,1H3,(H,22,24)/b13-4+. The summed E-state index contributed by atoms with van der Waals surface area (Å²) in [6.07, 6.45) is 6.50. The lowest BCUT2D eigenvalue weighted by Gasteiger charge is -2.18. The van der Waals surface area contributed by atoms with Crippen LogP contribution in [0.4, 0.5) is 5.69 Å². The topological polar surface area (TPSA) is 75.3 Å². The Morgan fingerprint density at radius 3 is 2.30 bits per heavy atom. The van der Waals surface area contributed by atoms with Gasteiger partial charge in [-0.15, -0.1) is 0 Å². The Morgan fingerprint density at radius 1 is 1.11 bits per heavy atom. The molecule has 2 N–H and O–H groups in total. The average molecular weight is 405 g/mol. The number of carbonyl (C=O) groups is 1. The van der Waals surface area contributed by atoms with Crippen LogP contribution in [-0.4, -0.2) is 20.6 Å². The van der Waals surface area contributed by atoms with E-state index in [9.17, 15) is 13.2 Å². The summed E-state index contributed by atoms with van der Waals surface area (Å²) < 4.78 is 24.8. The number of anilines is 1. The van der Waals surface area contributed by atoms with Crippen LogP contribution in [-0.2, 0) is 14.8 Å². The predicted molar refractivity (Wildman–Crippen MR) is 109 cm³/mol. The second kappa shape index (κ2) is 8.15. The lowest BCUT2D eigenvalue weighted by Crippen LogP contribution is -2.28. The number of carbonyl (C=O) groups excluding carboxylic acids is 1. The molecular weight excluding hydrogens is 384 g/mol. The SMILES string of the molecule is CS(=O)(=O)Nc1ccc(/C=C/C(=O)NC(c2ccc(Cl)cc2)C2CC2)cc1. The summed E-state index contributed by atoms with van der Waals surface area (Å²) >= 11 is 5.94. The van der Waals surface area contributed by atoms with Gasteiger partial charge in [0.15, 0.2) is 0 Å². The molecule has 1 amide bonds. The fourth-order valence-corrected chi connectivity index (χ4v) is 3.51. The summed E-state index contributed by atoms with van der Waals surface area (Å²) in [6, 6.07) is 14.3. The van der Waals surface area contributed by atoms with Crippen LogP contribution in [0.1, 0.15) is 30.0 Å². The number of hydrogen-bond donors (Lipinski definition) is 2. The van der Waals surface area contributed by atoms with Gasteiger partial charge in [-0.2, -0.15) is 0 Å². The molecule has 7 heteroatoms. The van der Waals surface area contributed by atoms with Crippen molar-refractivity contribution in [2.75, 3.05) is 11.0 Å². The van der Waals surface area contributed by atoms with Crippen LogP contribution < -0.4 is 10.0 Å². The minimum Gasteiger partial charge on any atom is -0.345 e. The second-order valence-corrected chi connectivity index (χ2v) is 8.89. The highest BCUT2D eigenvalue weighted by molar-refractivity contribution is 7.92. The van der Waals surface area contributed by atoms with Gasteiger partial charge < -0.3 is 5.32 Å². The van der Waals surface area contributed by atoms with E-state index in [1.54, 1.807) is 30.3 Å². The molecule has 1 atom stereocenters. The largest absolute Gasteiger partial charge is 0.345 e. The van der Waals surface area contributed by atoms with E-state index < -0.39 is 10.0 Å². The summed E-state index contributed by atoms with van der Waals surface area (Å²) in [5.41, 5.74) is 2.34. The van der Waals surface area contributed by atoms with Gasteiger partial charge in [0.05, 0.1) is 12.3 Å². The molecule has 3 rings (SSSR count). The fourth-order valence-electron chi connectivity index (χ4n) is 2.82. The van der Waals surface area contributed by atoms with E-state index in [1.165, 1.54) is 6.08 Å². The van der Waals surface area contributed by atoms with Crippen LogP contribution in [0.2, 0.25) is 5.02 Å². The fraction of sp³-hybridized carbons (Fsp3) is 0.250. The van der Waals surface area contributed by atoms with Crippen molar-refractivity contribution >= 4 is 39.3 Å². The van der Waals surface area contributed by atoms with Crippen molar-refractivity contribution in [2.45, 2.75) is 18.9 Å². The Labute approximate surface area is 164 Å². The Morgan fingerprint density at radius 2 is 1.74 bits per heavy atom. The molecule has 2 aromatic carbocycles. The summed E-state index contributed by atoms with van der Waals surface area (Å²) in [6.45, 7) is 0. The Bertz CT molecular complexity index is 934. The molecule has 2 aromatic rings. The van der Waals surface area contributed by atoms with Gasteiger partial charge in [-0.05, 0) is 60.2 Å². The van der Waals surface area contributed by atoms with Crippen LogP contribution in [0.25, 0.3) is 6.08 Å². The van der Waals surface area contributed by atoms with E-state index >= 15 is 0 Å². The van der Waals surface area contributed by atoms with Crippen molar-refractivity contribution in [3.05, 3.63) is 70.8 Å². The Hall–Kier alpha value is -2.31. The molecule has 0 bridgehead atoms. The smallest absolute Gasteiger partial charge is 0.244 e. The molecule has 1 aliphatic rings. The molecule has 0 spiro atoms. The molecule has 1 saturated carbocycles. The van der Waals surface area contributed by atoms with Crippen LogP contribution in [0.5, 0.6) is 0 Å². The molecule has 1 unspecified atom stereocenters. The van der Waals surface area contributed by atoms with E-state index in [2.05, 4.69) is 10.0 Å². The highest BCUT2D eigenvalue weighted by Gasteiger charge is 2.33. The van der Waals surface area contributed by atoms with Crippen molar-refractivity contribution < 1.29 is 13.2 Å². The number of amides is 1. The third-order valence-corrected chi connectivity index (χ3v) is 5.12. The van der Waals surface area contributed by atoms with E-state index in [-0.39, 0.29) is 11.9 Å². The summed E-state index contributed by atoms with van der Waals surface area (Å²) in [4.78, 5) is 12.3. The number of rotatable bonds is 7. The lowest BCUT2D eigenvalue weighted by molar-refractivity contribution is -0.117. The maximum absolute atomic E-state index is 12.3. The normalized spacial score (nSPS) is 15.5. The summed E-state index contributed by atoms with van der Waals surface area (Å²) in [5, 5.41) is 3.74. The molecule has 0 radical (unpaired) electrons. The van der Waals surface area contributed by atoms with Crippen molar-refractivity contribution in [2.24, 2.45) is 5.92 Å². The molecule has 0 aliphatic heterocycles. The minimum absolute atomic E-state index is 0.0132. The monoisotopic (exact) mass is 404 g/mol. The molecule has 5 nitrogen and oxygen atoms in total. The number of benzene rings is 2. The molecule has 0 saturated heterocycles. The van der Waals surface area contributed by atoms with Gasteiger partial charge in [-0.1, -0.05) is 35.9 Å². The van der Waals surface area contributed by atoms with Gasteiger partial charge in [0.2, 0.25) is 15.9 Å². The first-order chi connectivity index (χ1) is 12.8. The molecule has 0 heterocycles. The molecule has 27 heavy (non-hydrogen) atoms. The first kappa shape index (κ1) is 19.5. The highest BCUT2D eigenvalue weighted by Crippen LogP contribution is 2.41. The maximum Gasteiger partial charge on any atom is 0.244 e. The Kier molecular flexibility index (Phi) is 5.87. The third kappa shape index (κ3) is 6.12. The first-order valence-corrected chi connectivity index (χ1v) is 10.9. The molecule has 1 aliphatic carbocycles. The zero-order valence-corrected chi connectivity index (χ0v) is 16.4. The quantitative estimate of drug-likeness (QED) is 0.685. The third-order valence-electron chi connectivity index (χ3n) is 4.26. The zero-order valence-electron chi connectivity index (χ0n) is 14.9. The Balaban J connectivity index is 1.62. The summed E-state index contributed by atoms with van der Waals surface area (Å²) in [7, 11) is -3.30. The molecular formula is C20H21ClN2O3S. The van der Waals surface area contributed by atoms with Gasteiger partial charge >= 0.3 is 0 Å². The van der Waals surface area contributed by atoms with Crippen LogP contribution >= 0.6 is 11.6 Å². The van der Waals surface area contributed by atoms with E-state index in [0.29, 0.717) is 16.6 Å². The molecule has 1 fully saturated rings. The van der Waals surface area contributed by atoms with Gasteiger partial charge in [0, 0.05) is 16.8 Å². The number of hydrogen-bond acceptors (Lipinski definition) is 3. The van der Waals surface area contributed by atoms with Crippen LogP contribution in [0.3, 0.4) is 0 Å². The highest BCUT2D eigenvalue weighted by atomic mass is 35.5. The van der Waals surface area contributed by atoms with Crippen LogP contribution in [0, 0.1) is 5.92 Å². The van der Waals surface area contributed by atoms with Gasteiger partial charge in [-0.25, -0.2) is 8.42 Å². The zero-order chi connectivity index (χ0) is 19.4. The van der Waals surface area contributed by atoms with Crippen molar-refractivity contribution in [1.29, 1.82) is 0 Å². The van der Waals surface area contributed by atoms with Crippen LogP contribution in [0.15, 0.2) is 54.6 Å².